The zero-order chi connectivity index (χ0) is 10.4. The molecule has 0 atom stereocenters. The Kier molecular flexibility index (Phi) is 1.74. The SMILES string of the molecule is Nc1nc2c(o1)CN(C(=O)C1CC1)CC2. The van der Waals surface area contributed by atoms with Gasteiger partial charge in [-0.1, -0.05) is 0 Å². The van der Waals surface area contributed by atoms with Crippen LogP contribution in [-0.2, 0) is 17.8 Å². The molecule has 3 rings (SSSR count). The Labute approximate surface area is 87.2 Å². The first-order chi connectivity index (χ1) is 7.24. The van der Waals surface area contributed by atoms with Gasteiger partial charge in [0, 0.05) is 18.9 Å². The maximum atomic E-state index is 11.8. The van der Waals surface area contributed by atoms with Crippen molar-refractivity contribution in [2.45, 2.75) is 25.8 Å². The van der Waals surface area contributed by atoms with Gasteiger partial charge >= 0.3 is 0 Å². The molecule has 80 valence electrons. The fraction of sp³-hybridized carbons (Fsp3) is 0.600. The zero-order valence-corrected chi connectivity index (χ0v) is 8.40. The van der Waals surface area contributed by atoms with E-state index in [0.717, 1.165) is 37.3 Å². The van der Waals surface area contributed by atoms with Gasteiger partial charge in [-0.3, -0.25) is 4.79 Å². The molecule has 0 saturated heterocycles. The van der Waals surface area contributed by atoms with Crippen molar-refractivity contribution in [1.29, 1.82) is 0 Å². The van der Waals surface area contributed by atoms with Crippen molar-refractivity contribution in [3.05, 3.63) is 11.5 Å². The number of nitrogens with zero attached hydrogens (tertiary/aromatic N) is 2. The lowest BCUT2D eigenvalue weighted by Crippen LogP contribution is -2.36. The highest BCUT2D eigenvalue weighted by molar-refractivity contribution is 5.81. The van der Waals surface area contributed by atoms with E-state index in [1.54, 1.807) is 0 Å². The van der Waals surface area contributed by atoms with Gasteiger partial charge in [0.2, 0.25) is 5.91 Å². The van der Waals surface area contributed by atoms with Crippen molar-refractivity contribution in [3.8, 4) is 0 Å². The van der Waals surface area contributed by atoms with Crippen LogP contribution in [0.5, 0.6) is 0 Å². The summed E-state index contributed by atoms with van der Waals surface area (Å²) in [5.74, 6) is 1.29. The van der Waals surface area contributed by atoms with Crippen LogP contribution in [0.3, 0.4) is 0 Å². The number of carbonyl (C=O) groups excluding carboxylic acids is 1. The summed E-state index contributed by atoms with van der Waals surface area (Å²) < 4.78 is 5.26. The number of carbonyl (C=O) groups is 1. The maximum absolute atomic E-state index is 11.8. The first-order valence-corrected chi connectivity index (χ1v) is 5.27. The lowest BCUT2D eigenvalue weighted by Gasteiger charge is -2.25. The third-order valence-electron chi connectivity index (χ3n) is 2.99. The van der Waals surface area contributed by atoms with Crippen molar-refractivity contribution >= 4 is 11.9 Å². The van der Waals surface area contributed by atoms with Gasteiger partial charge in [-0.15, -0.1) is 0 Å². The minimum Gasteiger partial charge on any atom is -0.427 e. The molecule has 2 N–H and O–H groups in total. The largest absolute Gasteiger partial charge is 0.427 e. The first kappa shape index (κ1) is 8.76. The smallest absolute Gasteiger partial charge is 0.292 e. The maximum Gasteiger partial charge on any atom is 0.292 e. The van der Waals surface area contributed by atoms with Crippen molar-refractivity contribution in [2.75, 3.05) is 12.3 Å². The molecule has 2 heterocycles. The van der Waals surface area contributed by atoms with Gasteiger partial charge in [0.1, 0.15) is 5.76 Å². The fourth-order valence-electron chi connectivity index (χ4n) is 1.99. The molecule has 1 aliphatic carbocycles. The summed E-state index contributed by atoms with van der Waals surface area (Å²) in [6, 6.07) is 0.209. The van der Waals surface area contributed by atoms with E-state index < -0.39 is 0 Å². The van der Waals surface area contributed by atoms with Crippen LogP contribution >= 0.6 is 0 Å². The lowest BCUT2D eigenvalue weighted by atomic mass is 10.1. The van der Waals surface area contributed by atoms with E-state index in [0.29, 0.717) is 6.54 Å². The summed E-state index contributed by atoms with van der Waals surface area (Å²) in [5, 5.41) is 0. The molecule has 1 amide bonds. The van der Waals surface area contributed by atoms with E-state index in [-0.39, 0.29) is 17.8 Å². The molecule has 0 unspecified atom stereocenters. The molecule has 0 radical (unpaired) electrons. The third kappa shape index (κ3) is 1.48. The summed E-state index contributed by atoms with van der Waals surface area (Å²) in [6.45, 7) is 1.28. The van der Waals surface area contributed by atoms with Crippen LogP contribution in [0.4, 0.5) is 6.01 Å². The molecule has 0 spiro atoms. The normalized spacial score (nSPS) is 20.1. The van der Waals surface area contributed by atoms with E-state index in [4.69, 9.17) is 10.2 Å². The Morgan fingerprint density at radius 2 is 2.33 bits per heavy atom. The van der Waals surface area contributed by atoms with Crippen molar-refractivity contribution in [1.82, 2.24) is 9.88 Å². The molecular weight excluding hydrogens is 194 g/mol. The molecule has 1 aliphatic heterocycles. The highest BCUT2D eigenvalue weighted by atomic mass is 16.4. The van der Waals surface area contributed by atoms with Gasteiger partial charge in [-0.25, -0.2) is 0 Å². The number of rotatable bonds is 1. The summed E-state index contributed by atoms with van der Waals surface area (Å²) in [5.41, 5.74) is 6.38. The van der Waals surface area contributed by atoms with Crippen LogP contribution in [0.25, 0.3) is 0 Å². The van der Waals surface area contributed by atoms with E-state index in [1.165, 1.54) is 0 Å². The van der Waals surface area contributed by atoms with Gasteiger partial charge in [0.25, 0.3) is 6.01 Å². The van der Waals surface area contributed by atoms with Crippen LogP contribution in [0.1, 0.15) is 24.3 Å². The van der Waals surface area contributed by atoms with Gasteiger partial charge < -0.3 is 15.1 Å². The summed E-state index contributed by atoms with van der Waals surface area (Å²) in [4.78, 5) is 17.7. The Morgan fingerprint density at radius 3 is 3.07 bits per heavy atom. The summed E-state index contributed by atoms with van der Waals surface area (Å²) >= 11 is 0. The second-order valence-electron chi connectivity index (χ2n) is 4.21. The fourth-order valence-corrected chi connectivity index (χ4v) is 1.99. The van der Waals surface area contributed by atoms with Gasteiger partial charge in [-0.2, -0.15) is 4.98 Å². The number of hydrogen-bond donors (Lipinski definition) is 1. The van der Waals surface area contributed by atoms with Crippen molar-refractivity contribution < 1.29 is 9.21 Å². The molecule has 1 saturated carbocycles. The standard InChI is InChI=1S/C10H13N3O2/c11-10-12-7-3-4-13(5-8(7)15-10)9(14)6-1-2-6/h6H,1-5H2,(H2,11,12). The molecular formula is C10H13N3O2. The molecule has 5 nitrogen and oxygen atoms in total. The molecule has 0 bridgehead atoms. The van der Waals surface area contributed by atoms with E-state index in [2.05, 4.69) is 4.98 Å². The molecule has 2 aliphatic rings. The van der Waals surface area contributed by atoms with Crippen molar-refractivity contribution in [3.63, 3.8) is 0 Å². The predicted octanol–water partition coefficient (Wildman–Crippen LogP) is 0.551. The molecule has 15 heavy (non-hydrogen) atoms. The Balaban J connectivity index is 1.78. The molecule has 1 aromatic heterocycles. The van der Waals surface area contributed by atoms with Crippen LogP contribution < -0.4 is 5.73 Å². The van der Waals surface area contributed by atoms with Crippen LogP contribution in [0, 0.1) is 5.92 Å². The van der Waals surface area contributed by atoms with Crippen LogP contribution in [-0.4, -0.2) is 22.3 Å². The minimum absolute atomic E-state index is 0.209. The molecule has 1 aromatic rings. The summed E-state index contributed by atoms with van der Waals surface area (Å²) in [7, 11) is 0. The number of aromatic nitrogens is 1. The second-order valence-corrected chi connectivity index (χ2v) is 4.21. The number of amides is 1. The topological polar surface area (TPSA) is 72.4 Å². The average Bonchev–Trinajstić information content (AvgIpc) is 2.98. The van der Waals surface area contributed by atoms with Crippen LogP contribution in [0.2, 0.25) is 0 Å². The average molecular weight is 207 g/mol. The number of oxazole rings is 1. The lowest BCUT2D eigenvalue weighted by molar-refractivity contribution is -0.133. The van der Waals surface area contributed by atoms with Crippen LogP contribution in [0.15, 0.2) is 4.42 Å². The second kappa shape index (κ2) is 2.98. The third-order valence-corrected chi connectivity index (χ3v) is 2.99. The number of fused-ring (bicyclic) bond motifs is 1. The van der Waals surface area contributed by atoms with Crippen molar-refractivity contribution in [2.24, 2.45) is 5.92 Å². The zero-order valence-electron chi connectivity index (χ0n) is 8.40. The number of hydrogen-bond acceptors (Lipinski definition) is 4. The van der Waals surface area contributed by atoms with Gasteiger partial charge in [0.15, 0.2) is 0 Å². The number of nitrogen functional groups attached to an aromatic ring is 1. The van der Waals surface area contributed by atoms with E-state index in [1.807, 2.05) is 4.90 Å². The predicted molar refractivity (Wildman–Crippen MR) is 52.8 cm³/mol. The molecule has 1 fully saturated rings. The highest BCUT2D eigenvalue weighted by Gasteiger charge is 2.35. The molecule has 5 heteroatoms. The first-order valence-electron chi connectivity index (χ1n) is 5.27. The monoisotopic (exact) mass is 207 g/mol. The Morgan fingerprint density at radius 1 is 1.53 bits per heavy atom. The number of anilines is 1. The quantitative estimate of drug-likeness (QED) is 0.730. The highest BCUT2D eigenvalue weighted by Crippen LogP contribution is 2.32. The summed E-state index contributed by atoms with van der Waals surface area (Å²) in [6.07, 6.45) is 2.84. The number of nitrogens with two attached hydrogens (primary N) is 1. The van der Waals surface area contributed by atoms with E-state index >= 15 is 0 Å². The molecule has 0 aromatic carbocycles. The Hall–Kier alpha value is -1.52. The Bertz CT molecular complexity index is 409. The van der Waals surface area contributed by atoms with E-state index in [9.17, 15) is 4.79 Å². The minimum atomic E-state index is 0.209. The van der Waals surface area contributed by atoms with Gasteiger partial charge in [-0.05, 0) is 12.8 Å². The van der Waals surface area contributed by atoms with Gasteiger partial charge in [0.05, 0.1) is 12.2 Å².